The van der Waals surface area contributed by atoms with E-state index in [4.69, 9.17) is 0 Å². The number of hydrogen-bond donors (Lipinski definition) is 4. The zero-order valence-electron chi connectivity index (χ0n) is 22.2. The summed E-state index contributed by atoms with van der Waals surface area (Å²) in [6, 6.07) is -1.52. The van der Waals surface area contributed by atoms with Gasteiger partial charge in [-0.2, -0.15) is 18.4 Å². The highest BCUT2D eigenvalue weighted by Crippen LogP contribution is 2.43. The number of carbonyl (C=O) groups excluding carboxylic acids is 4. The highest BCUT2D eigenvalue weighted by molar-refractivity contribution is 5.94. The lowest BCUT2D eigenvalue weighted by atomic mass is 9.82. The van der Waals surface area contributed by atoms with Crippen molar-refractivity contribution in [3.05, 3.63) is 0 Å². The number of halogens is 3. The Bertz CT molecular complexity index is 981. The maximum atomic E-state index is 13.8. The third-order valence-electron chi connectivity index (χ3n) is 8.03. The molecule has 3 aliphatic rings. The van der Waals surface area contributed by atoms with Crippen molar-refractivity contribution in [3.8, 4) is 6.07 Å². The number of rotatable bonds is 9. The Morgan fingerprint density at radius 2 is 1.89 bits per heavy atom. The van der Waals surface area contributed by atoms with Crippen LogP contribution in [0.1, 0.15) is 52.9 Å². The summed E-state index contributed by atoms with van der Waals surface area (Å²) in [4.78, 5) is 52.6. The van der Waals surface area contributed by atoms with Gasteiger partial charge in [0.1, 0.15) is 18.1 Å². The minimum atomic E-state index is -5.18. The molecule has 4 amide bonds. The molecule has 1 saturated carbocycles. The van der Waals surface area contributed by atoms with Crippen molar-refractivity contribution in [2.45, 2.75) is 83.2 Å². The Balaban J connectivity index is 1.84. The summed E-state index contributed by atoms with van der Waals surface area (Å²) in [6.45, 7) is 5.28. The molecule has 38 heavy (non-hydrogen) atoms. The molecule has 2 saturated heterocycles. The van der Waals surface area contributed by atoms with E-state index in [1.54, 1.807) is 20.9 Å². The highest BCUT2D eigenvalue weighted by atomic mass is 19.4. The molecule has 0 spiro atoms. The van der Waals surface area contributed by atoms with E-state index in [9.17, 15) is 37.6 Å². The molecule has 2 heterocycles. The van der Waals surface area contributed by atoms with Crippen molar-refractivity contribution in [2.75, 3.05) is 20.1 Å². The first-order valence-electron chi connectivity index (χ1n) is 13.0. The lowest BCUT2D eigenvalue weighted by Crippen LogP contribution is -2.62. The van der Waals surface area contributed by atoms with Gasteiger partial charge >= 0.3 is 12.1 Å². The topological polar surface area (TPSA) is 143 Å². The fourth-order valence-electron chi connectivity index (χ4n) is 6.24. The molecule has 7 atom stereocenters. The van der Waals surface area contributed by atoms with Crippen LogP contribution < -0.4 is 21.3 Å². The molecule has 1 unspecified atom stereocenters. The van der Waals surface area contributed by atoms with Crippen LogP contribution in [0.15, 0.2) is 0 Å². The van der Waals surface area contributed by atoms with Gasteiger partial charge in [-0.3, -0.25) is 19.2 Å². The first-order valence-corrected chi connectivity index (χ1v) is 13.0. The summed E-state index contributed by atoms with van der Waals surface area (Å²) in [5, 5.41) is 19.9. The number of hydrogen-bond acceptors (Lipinski definition) is 6. The molecular formula is C25H37F3N6O4. The van der Waals surface area contributed by atoms with Crippen LogP contribution in [0, 0.1) is 34.5 Å². The summed E-state index contributed by atoms with van der Waals surface area (Å²) in [5.41, 5.74) is -1.12. The molecule has 1 aliphatic carbocycles. The van der Waals surface area contributed by atoms with Crippen LogP contribution in [0.2, 0.25) is 0 Å². The predicted molar refractivity (Wildman–Crippen MR) is 130 cm³/mol. The quantitative estimate of drug-likeness (QED) is 0.340. The van der Waals surface area contributed by atoms with Crippen LogP contribution in [-0.2, 0) is 19.2 Å². The van der Waals surface area contributed by atoms with Crippen LogP contribution in [-0.4, -0.2) is 79.0 Å². The van der Waals surface area contributed by atoms with Crippen molar-refractivity contribution in [1.82, 2.24) is 26.2 Å². The monoisotopic (exact) mass is 542 g/mol. The third-order valence-corrected chi connectivity index (χ3v) is 8.03. The lowest BCUT2D eigenvalue weighted by molar-refractivity contribution is -0.176. The molecule has 2 aliphatic heterocycles. The number of amides is 4. The second-order valence-corrected chi connectivity index (χ2v) is 11.5. The van der Waals surface area contributed by atoms with Crippen molar-refractivity contribution >= 4 is 23.6 Å². The van der Waals surface area contributed by atoms with Gasteiger partial charge in [-0.1, -0.05) is 20.3 Å². The van der Waals surface area contributed by atoms with Gasteiger partial charge in [-0.05, 0) is 51.5 Å². The van der Waals surface area contributed by atoms with Gasteiger partial charge in [-0.15, -0.1) is 0 Å². The maximum absolute atomic E-state index is 13.8. The largest absolute Gasteiger partial charge is 0.471 e. The van der Waals surface area contributed by atoms with E-state index in [2.05, 4.69) is 16.0 Å². The Morgan fingerprint density at radius 3 is 2.45 bits per heavy atom. The van der Waals surface area contributed by atoms with Gasteiger partial charge in [0.2, 0.25) is 17.7 Å². The molecule has 0 aromatic rings. The standard InChI is InChI=1S/C25H37F3N6O4/c1-13-8-15(20(35)31-13)9-16(10-29)32-21(36)18-17-7-5-6-14(17)11-34(18)22(37)19(24(2,3)12-30-4)33-23(38)25(26,27)28/h13-19,30H,5-9,11-12H2,1-4H3,(H,31,35)(H,32,36)(H,33,38)/t13-,14+,15?,16+,17+,18+,19-/m1/s1. The Morgan fingerprint density at radius 1 is 1.21 bits per heavy atom. The molecule has 0 aromatic carbocycles. The van der Waals surface area contributed by atoms with Crippen LogP contribution >= 0.6 is 0 Å². The molecule has 0 aromatic heterocycles. The molecule has 3 rings (SSSR count). The normalized spacial score (nSPS) is 28.7. The molecule has 0 bridgehead atoms. The highest BCUT2D eigenvalue weighted by Gasteiger charge is 2.53. The number of alkyl halides is 3. The van der Waals surface area contributed by atoms with Crippen molar-refractivity contribution < 1.29 is 32.3 Å². The number of fused-ring (bicyclic) bond motifs is 1. The first-order chi connectivity index (χ1) is 17.7. The molecule has 10 nitrogen and oxygen atoms in total. The number of nitrogens with one attached hydrogen (secondary N) is 4. The second-order valence-electron chi connectivity index (χ2n) is 11.5. The zero-order valence-corrected chi connectivity index (χ0v) is 22.2. The fraction of sp³-hybridized carbons (Fsp3) is 0.800. The van der Waals surface area contributed by atoms with E-state index in [-0.39, 0.29) is 43.3 Å². The Kier molecular flexibility index (Phi) is 8.96. The van der Waals surface area contributed by atoms with Crippen LogP contribution in [0.5, 0.6) is 0 Å². The molecule has 0 radical (unpaired) electrons. The van der Waals surface area contributed by atoms with E-state index >= 15 is 0 Å². The van der Waals surface area contributed by atoms with Crippen molar-refractivity contribution in [1.29, 1.82) is 5.26 Å². The second kappa shape index (κ2) is 11.5. The smallest absolute Gasteiger partial charge is 0.353 e. The predicted octanol–water partition coefficient (Wildman–Crippen LogP) is 0.829. The van der Waals surface area contributed by atoms with Crippen molar-refractivity contribution in [2.24, 2.45) is 23.2 Å². The molecular weight excluding hydrogens is 505 g/mol. The van der Waals surface area contributed by atoms with Crippen molar-refractivity contribution in [3.63, 3.8) is 0 Å². The number of likely N-dealkylation sites (tertiary alicyclic amines) is 1. The maximum Gasteiger partial charge on any atom is 0.471 e. The van der Waals surface area contributed by atoms with Gasteiger partial charge in [0, 0.05) is 30.5 Å². The van der Waals surface area contributed by atoms with Crippen LogP contribution in [0.3, 0.4) is 0 Å². The summed E-state index contributed by atoms with van der Waals surface area (Å²) in [5.74, 6) is -4.40. The summed E-state index contributed by atoms with van der Waals surface area (Å²) in [7, 11) is 1.58. The SMILES string of the molecule is CNCC(C)(C)[C@H](NC(=O)C(F)(F)F)C(=O)N1C[C@@H]2CCC[C@@H]2[C@H]1C(=O)N[C@H](C#N)CC1C[C@@H](C)NC1=O. The first kappa shape index (κ1) is 29.7. The van der Waals surface area contributed by atoms with Crippen LogP contribution in [0.4, 0.5) is 13.2 Å². The minimum absolute atomic E-state index is 0.0110. The lowest BCUT2D eigenvalue weighted by Gasteiger charge is -2.38. The number of nitriles is 1. The minimum Gasteiger partial charge on any atom is -0.353 e. The van der Waals surface area contributed by atoms with Gasteiger partial charge < -0.3 is 26.2 Å². The third kappa shape index (κ3) is 6.39. The van der Waals surface area contributed by atoms with Gasteiger partial charge in [0.15, 0.2) is 0 Å². The van der Waals surface area contributed by atoms with Crippen LogP contribution in [0.25, 0.3) is 0 Å². The Labute approximate surface area is 220 Å². The average Bonchev–Trinajstić information content (AvgIpc) is 3.49. The van der Waals surface area contributed by atoms with E-state index in [1.165, 1.54) is 4.90 Å². The molecule has 4 N–H and O–H groups in total. The molecule has 3 fully saturated rings. The van der Waals surface area contributed by atoms with E-state index in [1.807, 2.05) is 18.3 Å². The summed E-state index contributed by atoms with van der Waals surface area (Å²) < 4.78 is 39.4. The fourth-order valence-corrected chi connectivity index (χ4v) is 6.24. The van der Waals surface area contributed by atoms with E-state index in [0.717, 1.165) is 12.8 Å². The van der Waals surface area contributed by atoms with Gasteiger partial charge in [0.25, 0.3) is 0 Å². The summed E-state index contributed by atoms with van der Waals surface area (Å²) in [6.07, 6.45) is -2.26. The van der Waals surface area contributed by atoms with E-state index < -0.39 is 53.4 Å². The Hall–Kier alpha value is -2.88. The molecule has 13 heteroatoms. The number of nitrogens with zero attached hydrogens (tertiary/aromatic N) is 2. The van der Waals surface area contributed by atoms with Gasteiger partial charge in [0.05, 0.1) is 6.07 Å². The summed E-state index contributed by atoms with van der Waals surface area (Å²) >= 11 is 0. The molecule has 212 valence electrons. The number of carbonyl (C=O) groups is 4. The average molecular weight is 543 g/mol. The van der Waals surface area contributed by atoms with E-state index in [0.29, 0.717) is 12.8 Å². The zero-order chi connectivity index (χ0) is 28.4. The van der Waals surface area contributed by atoms with Gasteiger partial charge in [-0.25, -0.2) is 0 Å².